The number of amides is 1. The smallest absolute Gasteiger partial charge is 0.416 e. The fraction of sp³-hybridized carbons (Fsp3) is 0.529. The number of halogens is 3. The van der Waals surface area contributed by atoms with Crippen LogP contribution in [0.15, 0.2) is 18.2 Å². The Morgan fingerprint density at radius 3 is 2.32 bits per heavy atom. The standard InChI is InChI=1S/C17H22F3NO4/c1-10(2)25-12-6-5-11(13(7-12)17(18,19)20)9-21-14(22)8-16(3,4)15(23)24/h5-7,10H,8-9H2,1-4H3,(H,21,22)(H,23,24). The van der Waals surface area contributed by atoms with E-state index in [2.05, 4.69) is 5.32 Å². The van der Waals surface area contributed by atoms with Crippen LogP contribution in [0.1, 0.15) is 45.2 Å². The van der Waals surface area contributed by atoms with Crippen LogP contribution in [0.3, 0.4) is 0 Å². The number of carbonyl (C=O) groups excluding carboxylic acids is 1. The number of ether oxygens (including phenoxy) is 1. The van der Waals surface area contributed by atoms with Crippen LogP contribution in [0.5, 0.6) is 5.75 Å². The summed E-state index contributed by atoms with van der Waals surface area (Å²) in [6.07, 6.45) is -5.21. The van der Waals surface area contributed by atoms with Crippen molar-refractivity contribution in [2.24, 2.45) is 5.41 Å². The molecule has 5 nitrogen and oxygen atoms in total. The molecule has 0 heterocycles. The molecule has 2 N–H and O–H groups in total. The van der Waals surface area contributed by atoms with Crippen molar-refractivity contribution in [2.45, 2.75) is 52.9 Å². The summed E-state index contributed by atoms with van der Waals surface area (Å²) < 4.78 is 44.9. The summed E-state index contributed by atoms with van der Waals surface area (Å²) in [4.78, 5) is 22.8. The first-order chi connectivity index (χ1) is 11.3. The fourth-order valence-electron chi connectivity index (χ4n) is 2.05. The van der Waals surface area contributed by atoms with Crippen molar-refractivity contribution in [1.29, 1.82) is 0 Å². The number of hydrogen-bond donors (Lipinski definition) is 2. The predicted octanol–water partition coefficient (Wildman–Crippen LogP) is 3.61. The maximum absolute atomic E-state index is 13.2. The molecule has 0 aliphatic rings. The van der Waals surface area contributed by atoms with Crippen molar-refractivity contribution >= 4 is 11.9 Å². The van der Waals surface area contributed by atoms with Crippen LogP contribution in [0.25, 0.3) is 0 Å². The molecular weight excluding hydrogens is 339 g/mol. The van der Waals surface area contributed by atoms with Crippen LogP contribution in [0.4, 0.5) is 13.2 Å². The number of rotatable bonds is 7. The van der Waals surface area contributed by atoms with Gasteiger partial charge in [0.05, 0.1) is 17.1 Å². The van der Waals surface area contributed by atoms with Crippen LogP contribution in [-0.2, 0) is 22.3 Å². The predicted molar refractivity (Wildman–Crippen MR) is 85.1 cm³/mol. The second-order valence-electron chi connectivity index (χ2n) is 6.63. The minimum Gasteiger partial charge on any atom is -0.491 e. The number of carbonyl (C=O) groups is 2. The molecule has 1 aromatic carbocycles. The quantitative estimate of drug-likeness (QED) is 0.778. The Hall–Kier alpha value is -2.25. The summed E-state index contributed by atoms with van der Waals surface area (Å²) in [6.45, 7) is 5.78. The van der Waals surface area contributed by atoms with Crippen molar-refractivity contribution < 1.29 is 32.6 Å². The molecule has 1 aromatic rings. The van der Waals surface area contributed by atoms with Crippen molar-refractivity contribution in [3.05, 3.63) is 29.3 Å². The lowest BCUT2D eigenvalue weighted by Gasteiger charge is -2.19. The molecule has 0 aliphatic carbocycles. The SMILES string of the molecule is CC(C)Oc1ccc(CNC(=O)CC(C)(C)C(=O)O)c(C(F)(F)F)c1. The lowest BCUT2D eigenvalue weighted by molar-refractivity contribution is -0.149. The molecule has 8 heteroatoms. The van der Waals surface area contributed by atoms with E-state index in [9.17, 15) is 22.8 Å². The van der Waals surface area contributed by atoms with Crippen LogP contribution in [0, 0.1) is 5.41 Å². The number of nitrogens with one attached hydrogen (secondary N) is 1. The molecule has 0 saturated carbocycles. The molecule has 1 rings (SSSR count). The van der Waals surface area contributed by atoms with Gasteiger partial charge in [-0.1, -0.05) is 6.07 Å². The topological polar surface area (TPSA) is 75.6 Å². The summed E-state index contributed by atoms with van der Waals surface area (Å²) in [5.41, 5.74) is -2.32. The van der Waals surface area contributed by atoms with Gasteiger partial charge >= 0.3 is 12.1 Å². The van der Waals surface area contributed by atoms with Gasteiger partial charge < -0.3 is 15.2 Å². The number of hydrogen-bond acceptors (Lipinski definition) is 3. The van der Waals surface area contributed by atoms with E-state index >= 15 is 0 Å². The van der Waals surface area contributed by atoms with Crippen LogP contribution in [-0.4, -0.2) is 23.1 Å². The first-order valence-corrected chi connectivity index (χ1v) is 7.70. The van der Waals surface area contributed by atoms with Gasteiger partial charge in [-0.3, -0.25) is 9.59 Å². The fourth-order valence-corrected chi connectivity index (χ4v) is 2.05. The Labute approximate surface area is 144 Å². The van der Waals surface area contributed by atoms with E-state index in [1.807, 2.05) is 0 Å². The largest absolute Gasteiger partial charge is 0.491 e. The Kier molecular flexibility index (Phi) is 6.45. The van der Waals surface area contributed by atoms with Crippen molar-refractivity contribution in [2.75, 3.05) is 0 Å². The van der Waals surface area contributed by atoms with E-state index in [-0.39, 0.29) is 30.4 Å². The van der Waals surface area contributed by atoms with Crippen molar-refractivity contribution in [3.8, 4) is 5.75 Å². The normalized spacial score (nSPS) is 12.2. The van der Waals surface area contributed by atoms with Gasteiger partial charge in [0.25, 0.3) is 0 Å². The molecule has 25 heavy (non-hydrogen) atoms. The first kappa shape index (κ1) is 20.8. The Bertz CT molecular complexity index is 639. The van der Waals surface area contributed by atoms with E-state index in [4.69, 9.17) is 9.84 Å². The summed E-state index contributed by atoms with van der Waals surface area (Å²) in [5.74, 6) is -1.71. The summed E-state index contributed by atoms with van der Waals surface area (Å²) in [5, 5.41) is 11.3. The van der Waals surface area contributed by atoms with E-state index in [0.717, 1.165) is 6.07 Å². The van der Waals surface area contributed by atoms with Gasteiger partial charge in [-0.25, -0.2) is 0 Å². The third-order valence-corrected chi connectivity index (χ3v) is 3.42. The lowest BCUT2D eigenvalue weighted by Crippen LogP contribution is -2.33. The lowest BCUT2D eigenvalue weighted by atomic mass is 9.89. The monoisotopic (exact) mass is 361 g/mol. The highest BCUT2D eigenvalue weighted by Crippen LogP contribution is 2.34. The molecule has 0 fully saturated rings. The Morgan fingerprint density at radius 1 is 1.24 bits per heavy atom. The number of alkyl halides is 3. The van der Waals surface area contributed by atoms with Gasteiger partial charge in [0.2, 0.25) is 5.91 Å². The van der Waals surface area contributed by atoms with Gasteiger partial charge in [0.15, 0.2) is 0 Å². The molecule has 0 unspecified atom stereocenters. The second-order valence-corrected chi connectivity index (χ2v) is 6.63. The molecule has 0 spiro atoms. The summed E-state index contributed by atoms with van der Waals surface area (Å²) in [7, 11) is 0. The van der Waals surface area contributed by atoms with E-state index < -0.39 is 29.0 Å². The molecule has 0 aromatic heterocycles. The Morgan fingerprint density at radius 2 is 1.84 bits per heavy atom. The second kappa shape index (κ2) is 7.76. The van der Waals surface area contributed by atoms with E-state index in [0.29, 0.717) is 0 Å². The number of benzene rings is 1. The van der Waals surface area contributed by atoms with Crippen LogP contribution >= 0.6 is 0 Å². The maximum atomic E-state index is 13.2. The summed E-state index contributed by atoms with van der Waals surface area (Å²) in [6, 6.07) is 3.53. The molecule has 0 aliphatic heterocycles. The van der Waals surface area contributed by atoms with Crippen LogP contribution < -0.4 is 10.1 Å². The van der Waals surface area contributed by atoms with Gasteiger partial charge in [-0.2, -0.15) is 13.2 Å². The van der Waals surface area contributed by atoms with Gasteiger partial charge in [-0.05, 0) is 45.4 Å². The van der Waals surface area contributed by atoms with Gasteiger partial charge in [-0.15, -0.1) is 0 Å². The highest BCUT2D eigenvalue weighted by atomic mass is 19.4. The maximum Gasteiger partial charge on any atom is 0.416 e. The van der Waals surface area contributed by atoms with E-state index in [1.165, 1.54) is 26.0 Å². The Balaban J connectivity index is 2.91. The van der Waals surface area contributed by atoms with Crippen LogP contribution in [0.2, 0.25) is 0 Å². The molecular formula is C17H22F3NO4. The zero-order chi connectivity index (χ0) is 19.4. The average molecular weight is 361 g/mol. The number of carboxylic acids is 1. The van der Waals surface area contributed by atoms with Gasteiger partial charge in [0, 0.05) is 13.0 Å². The number of aliphatic carboxylic acids is 1. The number of carboxylic acid groups (broad SMARTS) is 1. The highest BCUT2D eigenvalue weighted by molar-refractivity contribution is 5.84. The highest BCUT2D eigenvalue weighted by Gasteiger charge is 2.34. The molecule has 140 valence electrons. The van der Waals surface area contributed by atoms with Crippen molar-refractivity contribution in [3.63, 3.8) is 0 Å². The molecule has 0 bridgehead atoms. The third kappa shape index (κ3) is 6.28. The van der Waals surface area contributed by atoms with E-state index in [1.54, 1.807) is 13.8 Å². The zero-order valence-electron chi connectivity index (χ0n) is 14.5. The summed E-state index contributed by atoms with van der Waals surface area (Å²) >= 11 is 0. The zero-order valence-corrected chi connectivity index (χ0v) is 14.5. The average Bonchev–Trinajstić information content (AvgIpc) is 2.43. The molecule has 0 saturated heterocycles. The minimum absolute atomic E-state index is 0.0874. The van der Waals surface area contributed by atoms with Crippen molar-refractivity contribution in [1.82, 2.24) is 5.32 Å². The third-order valence-electron chi connectivity index (χ3n) is 3.42. The first-order valence-electron chi connectivity index (χ1n) is 7.70. The molecule has 0 atom stereocenters. The molecule has 0 radical (unpaired) electrons. The molecule has 1 amide bonds. The van der Waals surface area contributed by atoms with Gasteiger partial charge in [0.1, 0.15) is 5.75 Å². The minimum atomic E-state index is -4.60.